The molecule has 2 aromatic rings. The number of aliphatic hydroxyl groups excluding tert-OH is 1. The van der Waals surface area contributed by atoms with Crippen LogP contribution >= 0.6 is 0 Å². The summed E-state index contributed by atoms with van der Waals surface area (Å²) in [5, 5.41) is 10.3. The second kappa shape index (κ2) is 4.76. The number of rotatable bonds is 4. The van der Waals surface area contributed by atoms with Crippen molar-refractivity contribution in [2.75, 3.05) is 6.54 Å². The number of pyridine rings is 1. The third-order valence-corrected chi connectivity index (χ3v) is 4.05. The molecule has 0 aliphatic heterocycles. The molecule has 3 heteroatoms. The molecule has 1 saturated carbocycles. The van der Waals surface area contributed by atoms with Crippen molar-refractivity contribution >= 4 is 0 Å². The predicted molar refractivity (Wildman–Crippen MR) is 74.7 cm³/mol. The van der Waals surface area contributed by atoms with Crippen LogP contribution in [-0.4, -0.2) is 16.6 Å². The molecule has 1 aromatic carbocycles. The fourth-order valence-electron chi connectivity index (χ4n) is 2.49. The first-order valence-electron chi connectivity index (χ1n) is 6.65. The molecule has 1 aromatic heterocycles. The summed E-state index contributed by atoms with van der Waals surface area (Å²) in [6.07, 6.45) is 3.38. The lowest BCUT2D eigenvalue weighted by Gasteiger charge is -2.15. The number of benzene rings is 1. The summed E-state index contributed by atoms with van der Waals surface area (Å²) in [6.45, 7) is 0.704. The van der Waals surface area contributed by atoms with E-state index in [0.717, 1.165) is 5.56 Å². The third kappa shape index (κ3) is 2.27. The van der Waals surface area contributed by atoms with Gasteiger partial charge >= 0.3 is 0 Å². The summed E-state index contributed by atoms with van der Waals surface area (Å²) < 4.78 is 0. The molecule has 0 radical (unpaired) electrons. The van der Waals surface area contributed by atoms with Gasteiger partial charge in [-0.25, -0.2) is 0 Å². The Morgan fingerprint density at radius 3 is 2.42 bits per heavy atom. The zero-order chi connectivity index (χ0) is 13.3. The first kappa shape index (κ1) is 12.3. The number of hydrogen-bond acceptors (Lipinski definition) is 3. The van der Waals surface area contributed by atoms with E-state index in [-0.39, 0.29) is 5.41 Å². The zero-order valence-corrected chi connectivity index (χ0v) is 10.8. The zero-order valence-electron chi connectivity index (χ0n) is 10.8. The maximum Gasteiger partial charge on any atom is 0.121 e. The van der Waals surface area contributed by atoms with E-state index in [1.54, 1.807) is 6.20 Å². The minimum atomic E-state index is -0.664. The molecule has 98 valence electrons. The van der Waals surface area contributed by atoms with Crippen LogP contribution in [0.25, 0.3) is 0 Å². The van der Waals surface area contributed by atoms with Gasteiger partial charge in [0.1, 0.15) is 6.10 Å². The predicted octanol–water partition coefficient (Wildman–Crippen LogP) is 2.15. The van der Waals surface area contributed by atoms with Crippen LogP contribution in [0.15, 0.2) is 48.7 Å². The van der Waals surface area contributed by atoms with Crippen LogP contribution in [0.2, 0.25) is 0 Å². The van der Waals surface area contributed by atoms with E-state index in [4.69, 9.17) is 5.73 Å². The van der Waals surface area contributed by atoms with Crippen LogP contribution < -0.4 is 5.73 Å². The summed E-state index contributed by atoms with van der Waals surface area (Å²) in [4.78, 5) is 4.18. The van der Waals surface area contributed by atoms with Gasteiger partial charge in [0.25, 0.3) is 0 Å². The molecule has 1 heterocycles. The van der Waals surface area contributed by atoms with Gasteiger partial charge in [0.05, 0.1) is 5.69 Å². The summed E-state index contributed by atoms with van der Waals surface area (Å²) in [5.74, 6) is 0. The van der Waals surface area contributed by atoms with E-state index in [1.165, 1.54) is 18.4 Å². The first-order valence-corrected chi connectivity index (χ1v) is 6.65. The van der Waals surface area contributed by atoms with Crippen LogP contribution in [0.5, 0.6) is 0 Å². The van der Waals surface area contributed by atoms with Crippen molar-refractivity contribution in [2.45, 2.75) is 24.4 Å². The normalized spacial score (nSPS) is 18.0. The maximum atomic E-state index is 10.3. The molecule has 1 aliphatic rings. The summed E-state index contributed by atoms with van der Waals surface area (Å²) in [6, 6.07) is 13.7. The topological polar surface area (TPSA) is 59.1 Å². The van der Waals surface area contributed by atoms with Crippen molar-refractivity contribution in [3.05, 3.63) is 65.5 Å². The SMILES string of the molecule is NCC1(c2ccc(C(O)c3ccccn3)cc2)CC1. The Labute approximate surface area is 113 Å². The molecule has 1 fully saturated rings. The summed E-state index contributed by atoms with van der Waals surface area (Å²) >= 11 is 0. The van der Waals surface area contributed by atoms with Crippen LogP contribution in [0.3, 0.4) is 0 Å². The standard InChI is InChI=1S/C16H18N2O/c17-11-16(8-9-16)13-6-4-12(5-7-13)15(19)14-3-1-2-10-18-14/h1-7,10,15,19H,8-9,11,17H2. The van der Waals surface area contributed by atoms with Gasteiger partial charge in [-0.15, -0.1) is 0 Å². The largest absolute Gasteiger partial charge is 0.382 e. The number of aliphatic hydroxyl groups is 1. The number of hydrogen-bond donors (Lipinski definition) is 2. The van der Waals surface area contributed by atoms with Gasteiger partial charge in [0.2, 0.25) is 0 Å². The molecule has 19 heavy (non-hydrogen) atoms. The second-order valence-corrected chi connectivity index (χ2v) is 5.26. The molecule has 0 saturated heterocycles. The molecule has 3 N–H and O–H groups in total. The molecule has 0 spiro atoms. The van der Waals surface area contributed by atoms with Gasteiger partial charge in [0.15, 0.2) is 0 Å². The van der Waals surface area contributed by atoms with Gasteiger partial charge in [-0.1, -0.05) is 30.3 Å². The van der Waals surface area contributed by atoms with Gasteiger partial charge in [0, 0.05) is 18.2 Å². The average molecular weight is 254 g/mol. The third-order valence-electron chi connectivity index (χ3n) is 4.05. The minimum absolute atomic E-state index is 0.203. The number of aromatic nitrogens is 1. The van der Waals surface area contributed by atoms with Crippen LogP contribution in [0, 0.1) is 0 Å². The molecule has 0 bridgehead atoms. The monoisotopic (exact) mass is 254 g/mol. The van der Waals surface area contributed by atoms with Gasteiger partial charge in [-0.3, -0.25) is 4.98 Å². The molecule has 3 rings (SSSR count). The van der Waals surface area contributed by atoms with Crippen molar-refractivity contribution < 1.29 is 5.11 Å². The Hall–Kier alpha value is -1.71. The highest BCUT2D eigenvalue weighted by Gasteiger charge is 2.42. The lowest BCUT2D eigenvalue weighted by molar-refractivity contribution is 0.215. The highest BCUT2D eigenvalue weighted by molar-refractivity contribution is 5.36. The van der Waals surface area contributed by atoms with Crippen molar-refractivity contribution in [2.24, 2.45) is 5.73 Å². The minimum Gasteiger partial charge on any atom is -0.382 e. The van der Waals surface area contributed by atoms with E-state index < -0.39 is 6.10 Å². The van der Waals surface area contributed by atoms with E-state index in [1.807, 2.05) is 30.3 Å². The van der Waals surface area contributed by atoms with Crippen LogP contribution in [0.1, 0.15) is 35.8 Å². The molecule has 1 unspecified atom stereocenters. The highest BCUT2D eigenvalue weighted by Crippen LogP contribution is 2.47. The molecule has 0 amide bonds. The van der Waals surface area contributed by atoms with Crippen LogP contribution in [0.4, 0.5) is 0 Å². The summed E-state index contributed by atoms with van der Waals surface area (Å²) in [7, 11) is 0. The van der Waals surface area contributed by atoms with Crippen molar-refractivity contribution in [1.82, 2.24) is 4.98 Å². The van der Waals surface area contributed by atoms with Crippen molar-refractivity contribution in [3.8, 4) is 0 Å². The Balaban J connectivity index is 1.83. The quantitative estimate of drug-likeness (QED) is 0.879. The van der Waals surface area contributed by atoms with Gasteiger partial charge in [-0.2, -0.15) is 0 Å². The van der Waals surface area contributed by atoms with E-state index in [9.17, 15) is 5.11 Å². The molecule has 1 aliphatic carbocycles. The van der Waals surface area contributed by atoms with Crippen LogP contribution in [-0.2, 0) is 5.41 Å². The average Bonchev–Trinajstić information content (AvgIpc) is 3.29. The van der Waals surface area contributed by atoms with Gasteiger partial charge in [-0.05, 0) is 36.1 Å². The lowest BCUT2D eigenvalue weighted by atomic mass is 9.94. The van der Waals surface area contributed by atoms with Gasteiger partial charge < -0.3 is 10.8 Å². The summed E-state index contributed by atoms with van der Waals surface area (Å²) in [5.41, 5.74) is 8.86. The Kier molecular flexibility index (Phi) is 3.09. The Morgan fingerprint density at radius 2 is 1.89 bits per heavy atom. The smallest absolute Gasteiger partial charge is 0.121 e. The molecular weight excluding hydrogens is 236 g/mol. The lowest BCUT2D eigenvalue weighted by Crippen LogP contribution is -2.19. The molecule has 3 nitrogen and oxygen atoms in total. The molecule has 1 atom stereocenters. The van der Waals surface area contributed by atoms with E-state index in [0.29, 0.717) is 12.2 Å². The fourth-order valence-corrected chi connectivity index (χ4v) is 2.49. The van der Waals surface area contributed by atoms with E-state index >= 15 is 0 Å². The first-order chi connectivity index (χ1) is 9.25. The Bertz CT molecular complexity index is 547. The van der Waals surface area contributed by atoms with E-state index in [2.05, 4.69) is 17.1 Å². The number of nitrogens with two attached hydrogens (primary N) is 1. The fraction of sp³-hybridized carbons (Fsp3) is 0.312. The highest BCUT2D eigenvalue weighted by atomic mass is 16.3. The maximum absolute atomic E-state index is 10.3. The second-order valence-electron chi connectivity index (χ2n) is 5.26. The van der Waals surface area contributed by atoms with Crippen molar-refractivity contribution in [3.63, 3.8) is 0 Å². The number of nitrogens with zero attached hydrogens (tertiary/aromatic N) is 1. The molecular formula is C16H18N2O. The Morgan fingerprint density at radius 1 is 1.16 bits per heavy atom. The van der Waals surface area contributed by atoms with Crippen molar-refractivity contribution in [1.29, 1.82) is 0 Å².